The van der Waals surface area contributed by atoms with E-state index < -0.39 is 5.91 Å². The number of carbonyl (C=O) groups excluding carboxylic acids is 2. The van der Waals surface area contributed by atoms with Gasteiger partial charge in [-0.25, -0.2) is 4.98 Å². The molecule has 0 radical (unpaired) electrons. The molecule has 5 N–H and O–H groups in total. The molecule has 0 saturated carbocycles. The van der Waals surface area contributed by atoms with Crippen molar-refractivity contribution >= 4 is 28.5 Å². The number of aromatic nitrogens is 2. The van der Waals surface area contributed by atoms with E-state index in [0.717, 1.165) is 16.5 Å². The number of pyridine rings is 2. The predicted octanol–water partition coefficient (Wildman–Crippen LogP) is 1.56. The molecular weight excluding hydrogens is 330 g/mol. The van der Waals surface area contributed by atoms with E-state index in [-0.39, 0.29) is 12.3 Å². The van der Waals surface area contributed by atoms with E-state index >= 15 is 0 Å². The second kappa shape index (κ2) is 7.60. The van der Waals surface area contributed by atoms with Crippen molar-refractivity contribution in [3.8, 4) is 0 Å². The Kier molecular flexibility index (Phi) is 5.07. The Labute approximate surface area is 150 Å². The van der Waals surface area contributed by atoms with E-state index in [1.54, 1.807) is 24.4 Å². The van der Waals surface area contributed by atoms with Gasteiger partial charge in [0.25, 0.3) is 5.91 Å². The van der Waals surface area contributed by atoms with Crippen molar-refractivity contribution in [3.05, 3.63) is 65.5 Å². The summed E-state index contributed by atoms with van der Waals surface area (Å²) in [5.41, 5.74) is 13.5. The number of carbonyl (C=O) groups is 2. The van der Waals surface area contributed by atoms with Crippen molar-refractivity contribution in [2.45, 2.75) is 19.4 Å². The minimum atomic E-state index is -0.549. The highest BCUT2D eigenvalue weighted by Gasteiger charge is 2.13. The van der Waals surface area contributed by atoms with Crippen LogP contribution in [0.1, 0.15) is 28.0 Å². The molecule has 0 fully saturated rings. The number of nitrogens with zero attached hydrogens (tertiary/aromatic N) is 2. The lowest BCUT2D eigenvalue weighted by molar-refractivity contribution is -0.121. The number of nitrogens with one attached hydrogen (secondary N) is 1. The molecule has 0 unspecified atom stereocenters. The molecule has 2 amide bonds. The Hall–Kier alpha value is -3.48. The van der Waals surface area contributed by atoms with Gasteiger partial charge in [-0.1, -0.05) is 24.3 Å². The van der Waals surface area contributed by atoms with Crippen LogP contribution in [0.3, 0.4) is 0 Å². The van der Waals surface area contributed by atoms with Gasteiger partial charge in [0.2, 0.25) is 5.91 Å². The number of benzene rings is 1. The van der Waals surface area contributed by atoms with Crippen LogP contribution in [0.25, 0.3) is 10.9 Å². The zero-order valence-corrected chi connectivity index (χ0v) is 14.1. The number of para-hydroxylation sites is 1. The van der Waals surface area contributed by atoms with Crippen LogP contribution in [-0.4, -0.2) is 21.8 Å². The number of hydrogen-bond acceptors (Lipinski definition) is 5. The summed E-state index contributed by atoms with van der Waals surface area (Å²) in [4.78, 5) is 32.3. The molecule has 26 heavy (non-hydrogen) atoms. The zero-order chi connectivity index (χ0) is 18.5. The Morgan fingerprint density at radius 1 is 1.12 bits per heavy atom. The summed E-state index contributed by atoms with van der Waals surface area (Å²) in [7, 11) is 0. The van der Waals surface area contributed by atoms with Gasteiger partial charge in [0.1, 0.15) is 5.82 Å². The minimum absolute atomic E-state index is 0.146. The van der Waals surface area contributed by atoms with Crippen LogP contribution in [0.15, 0.2) is 48.7 Å². The first-order valence-corrected chi connectivity index (χ1v) is 8.18. The second-order valence-corrected chi connectivity index (χ2v) is 5.91. The molecule has 132 valence electrons. The molecule has 3 rings (SSSR count). The molecule has 0 atom stereocenters. The van der Waals surface area contributed by atoms with Crippen LogP contribution in [0.4, 0.5) is 5.82 Å². The fraction of sp³-hybridized carbons (Fsp3) is 0.158. The monoisotopic (exact) mass is 349 g/mol. The Balaban J connectivity index is 1.66. The standard InChI is InChI=1S/C19H19N5O2/c20-17-7-5-12(10-22-17)11-23-18(25)8-6-16-14(19(21)26)9-13-3-1-2-4-15(13)24-16/h1-5,7,9-10H,6,8,11H2,(H2,20,22)(H2,21,26)(H,23,25). The van der Waals surface area contributed by atoms with Crippen molar-refractivity contribution < 1.29 is 9.59 Å². The van der Waals surface area contributed by atoms with Gasteiger partial charge in [0.05, 0.1) is 16.8 Å². The molecule has 0 spiro atoms. The largest absolute Gasteiger partial charge is 0.384 e. The van der Waals surface area contributed by atoms with Crippen LogP contribution < -0.4 is 16.8 Å². The second-order valence-electron chi connectivity index (χ2n) is 5.91. The number of fused-ring (bicyclic) bond motifs is 1. The van der Waals surface area contributed by atoms with E-state index in [4.69, 9.17) is 11.5 Å². The normalized spacial score (nSPS) is 10.6. The van der Waals surface area contributed by atoms with Crippen LogP contribution >= 0.6 is 0 Å². The first-order valence-electron chi connectivity index (χ1n) is 8.18. The molecule has 7 nitrogen and oxygen atoms in total. The summed E-state index contributed by atoms with van der Waals surface area (Å²) >= 11 is 0. The Morgan fingerprint density at radius 2 is 1.92 bits per heavy atom. The number of anilines is 1. The third-order valence-electron chi connectivity index (χ3n) is 3.99. The van der Waals surface area contributed by atoms with Crippen LogP contribution in [0.5, 0.6) is 0 Å². The summed E-state index contributed by atoms with van der Waals surface area (Å²) in [6.07, 6.45) is 2.15. The predicted molar refractivity (Wildman–Crippen MR) is 99.1 cm³/mol. The van der Waals surface area contributed by atoms with Crippen molar-refractivity contribution in [1.29, 1.82) is 0 Å². The number of primary amides is 1. The number of hydrogen-bond donors (Lipinski definition) is 3. The quantitative estimate of drug-likeness (QED) is 0.623. The van der Waals surface area contributed by atoms with Gasteiger partial charge in [-0.15, -0.1) is 0 Å². The lowest BCUT2D eigenvalue weighted by Crippen LogP contribution is -2.24. The van der Waals surface area contributed by atoms with E-state index in [2.05, 4.69) is 15.3 Å². The topological polar surface area (TPSA) is 124 Å². The minimum Gasteiger partial charge on any atom is -0.384 e. The smallest absolute Gasteiger partial charge is 0.250 e. The summed E-state index contributed by atoms with van der Waals surface area (Å²) in [5.74, 6) is -0.264. The highest BCUT2D eigenvalue weighted by molar-refractivity contribution is 5.97. The van der Waals surface area contributed by atoms with Crippen LogP contribution in [0, 0.1) is 0 Å². The highest BCUT2D eigenvalue weighted by atomic mass is 16.2. The molecule has 0 aliphatic rings. The average Bonchev–Trinajstić information content (AvgIpc) is 2.65. The molecule has 2 aromatic heterocycles. The summed E-state index contributed by atoms with van der Waals surface area (Å²) < 4.78 is 0. The number of amides is 2. The summed E-state index contributed by atoms with van der Waals surface area (Å²) in [6, 6.07) is 12.7. The third-order valence-corrected chi connectivity index (χ3v) is 3.99. The Morgan fingerprint density at radius 3 is 2.65 bits per heavy atom. The molecule has 0 bridgehead atoms. The van der Waals surface area contributed by atoms with Gasteiger partial charge < -0.3 is 16.8 Å². The van der Waals surface area contributed by atoms with Gasteiger partial charge in [0.15, 0.2) is 0 Å². The van der Waals surface area contributed by atoms with Crippen molar-refractivity contribution in [2.24, 2.45) is 5.73 Å². The zero-order valence-electron chi connectivity index (χ0n) is 14.1. The summed E-state index contributed by atoms with van der Waals surface area (Å²) in [6.45, 7) is 0.361. The highest BCUT2D eigenvalue weighted by Crippen LogP contribution is 2.17. The maximum atomic E-state index is 12.1. The van der Waals surface area contributed by atoms with Crippen LogP contribution in [-0.2, 0) is 17.8 Å². The first-order chi connectivity index (χ1) is 12.5. The van der Waals surface area contributed by atoms with Crippen molar-refractivity contribution in [3.63, 3.8) is 0 Å². The molecule has 0 aliphatic heterocycles. The van der Waals surface area contributed by atoms with E-state index in [9.17, 15) is 9.59 Å². The van der Waals surface area contributed by atoms with Gasteiger partial charge in [-0.05, 0) is 30.2 Å². The number of nitrogens with two attached hydrogens (primary N) is 2. The maximum absolute atomic E-state index is 12.1. The van der Waals surface area contributed by atoms with Gasteiger partial charge in [-0.3, -0.25) is 14.6 Å². The van der Waals surface area contributed by atoms with Gasteiger partial charge in [0, 0.05) is 24.5 Å². The number of aryl methyl sites for hydroxylation is 1. The lowest BCUT2D eigenvalue weighted by atomic mass is 10.0. The maximum Gasteiger partial charge on any atom is 0.250 e. The molecule has 0 aliphatic carbocycles. The number of nitrogen functional groups attached to an aromatic ring is 1. The molecule has 3 aromatic rings. The number of rotatable bonds is 6. The SMILES string of the molecule is NC(=O)c1cc2ccccc2nc1CCC(=O)NCc1ccc(N)nc1. The average molecular weight is 349 g/mol. The lowest BCUT2D eigenvalue weighted by Gasteiger charge is -2.09. The first kappa shape index (κ1) is 17.3. The fourth-order valence-corrected chi connectivity index (χ4v) is 2.62. The van der Waals surface area contributed by atoms with Crippen molar-refractivity contribution in [1.82, 2.24) is 15.3 Å². The fourth-order valence-electron chi connectivity index (χ4n) is 2.62. The van der Waals surface area contributed by atoms with Crippen molar-refractivity contribution in [2.75, 3.05) is 5.73 Å². The van der Waals surface area contributed by atoms with E-state index in [0.29, 0.717) is 30.0 Å². The molecule has 7 heteroatoms. The van der Waals surface area contributed by atoms with E-state index in [1.165, 1.54) is 0 Å². The Bertz CT molecular complexity index is 954. The molecular formula is C19H19N5O2. The van der Waals surface area contributed by atoms with Gasteiger partial charge >= 0.3 is 0 Å². The molecule has 1 aromatic carbocycles. The molecule has 0 saturated heterocycles. The van der Waals surface area contributed by atoms with Crippen LogP contribution in [0.2, 0.25) is 0 Å². The van der Waals surface area contributed by atoms with E-state index in [1.807, 2.05) is 24.3 Å². The molecule has 2 heterocycles. The third kappa shape index (κ3) is 4.13. The van der Waals surface area contributed by atoms with Gasteiger partial charge in [-0.2, -0.15) is 0 Å². The summed E-state index contributed by atoms with van der Waals surface area (Å²) in [5, 5.41) is 3.65.